The maximum atomic E-state index is 12.3. The van der Waals surface area contributed by atoms with Crippen LogP contribution in [0.2, 0.25) is 5.02 Å². The quantitative estimate of drug-likeness (QED) is 0.645. The van der Waals surface area contributed by atoms with Gasteiger partial charge < -0.3 is 10.6 Å². The van der Waals surface area contributed by atoms with E-state index in [4.69, 9.17) is 11.6 Å². The molecule has 2 aromatic rings. The van der Waals surface area contributed by atoms with Crippen LogP contribution in [0.3, 0.4) is 0 Å². The molecule has 0 aliphatic carbocycles. The molecule has 0 aromatic heterocycles. The van der Waals surface area contributed by atoms with Gasteiger partial charge in [0.2, 0.25) is 5.91 Å². The lowest BCUT2D eigenvalue weighted by molar-refractivity contribution is -0.116. The first-order valence-corrected chi connectivity index (χ1v) is 8.61. The second kappa shape index (κ2) is 8.31. The van der Waals surface area contributed by atoms with Crippen molar-refractivity contribution in [2.75, 3.05) is 10.6 Å². The van der Waals surface area contributed by atoms with Gasteiger partial charge >= 0.3 is 0 Å². The van der Waals surface area contributed by atoms with Crippen LogP contribution in [0.1, 0.15) is 30.1 Å². The standard InChI is InChI=1S/C17H16ClIN2O2/c1-2-4-16(22)20-13-7-8-14(18)15(10-13)21-17(23)11-5-3-6-12(19)9-11/h3,5-10H,2,4H2,1H3,(H,20,22)(H,21,23). The van der Waals surface area contributed by atoms with Gasteiger partial charge in [0, 0.05) is 21.2 Å². The molecule has 2 aromatic carbocycles. The maximum Gasteiger partial charge on any atom is 0.255 e. The Morgan fingerprint density at radius 3 is 2.61 bits per heavy atom. The van der Waals surface area contributed by atoms with E-state index in [0.717, 1.165) is 9.99 Å². The van der Waals surface area contributed by atoms with Crippen molar-refractivity contribution in [2.45, 2.75) is 19.8 Å². The third-order valence-corrected chi connectivity index (χ3v) is 4.06. The number of nitrogens with one attached hydrogen (secondary N) is 2. The highest BCUT2D eigenvalue weighted by Gasteiger charge is 2.10. The fourth-order valence-corrected chi connectivity index (χ4v) is 2.68. The molecule has 0 saturated carbocycles. The highest BCUT2D eigenvalue weighted by atomic mass is 127. The number of hydrogen-bond donors (Lipinski definition) is 2. The normalized spacial score (nSPS) is 10.2. The summed E-state index contributed by atoms with van der Waals surface area (Å²) in [5.74, 6) is -0.313. The van der Waals surface area contributed by atoms with Gasteiger partial charge in [-0.15, -0.1) is 0 Å². The van der Waals surface area contributed by atoms with E-state index >= 15 is 0 Å². The monoisotopic (exact) mass is 442 g/mol. The summed E-state index contributed by atoms with van der Waals surface area (Å²) < 4.78 is 0.974. The largest absolute Gasteiger partial charge is 0.326 e. The first-order chi connectivity index (χ1) is 11.0. The van der Waals surface area contributed by atoms with E-state index in [2.05, 4.69) is 33.2 Å². The van der Waals surface area contributed by atoms with Crippen molar-refractivity contribution in [2.24, 2.45) is 0 Å². The fourth-order valence-electron chi connectivity index (χ4n) is 1.97. The number of carbonyl (C=O) groups excluding carboxylic acids is 2. The van der Waals surface area contributed by atoms with E-state index in [-0.39, 0.29) is 11.8 Å². The van der Waals surface area contributed by atoms with Crippen molar-refractivity contribution in [3.63, 3.8) is 0 Å². The first kappa shape index (κ1) is 17.7. The highest BCUT2D eigenvalue weighted by molar-refractivity contribution is 14.1. The molecule has 0 saturated heterocycles. The Labute approximate surface area is 153 Å². The van der Waals surface area contributed by atoms with E-state index in [0.29, 0.717) is 28.4 Å². The Balaban J connectivity index is 2.15. The minimum atomic E-state index is -0.248. The molecule has 0 radical (unpaired) electrons. The van der Waals surface area contributed by atoms with Crippen molar-refractivity contribution >= 4 is 57.4 Å². The number of benzene rings is 2. The summed E-state index contributed by atoms with van der Waals surface area (Å²) in [5.41, 5.74) is 1.61. The van der Waals surface area contributed by atoms with Gasteiger partial charge in [0.05, 0.1) is 10.7 Å². The van der Waals surface area contributed by atoms with Crippen LogP contribution in [0.25, 0.3) is 0 Å². The first-order valence-electron chi connectivity index (χ1n) is 7.16. The number of anilines is 2. The zero-order valence-electron chi connectivity index (χ0n) is 12.5. The fraction of sp³-hybridized carbons (Fsp3) is 0.176. The molecule has 2 N–H and O–H groups in total. The zero-order chi connectivity index (χ0) is 16.8. The summed E-state index contributed by atoms with van der Waals surface area (Å²) in [6.45, 7) is 1.94. The van der Waals surface area contributed by atoms with Crippen molar-refractivity contribution < 1.29 is 9.59 Å². The summed E-state index contributed by atoms with van der Waals surface area (Å²) in [4.78, 5) is 24.0. The van der Waals surface area contributed by atoms with Crippen molar-refractivity contribution in [1.29, 1.82) is 0 Å². The van der Waals surface area contributed by atoms with Gasteiger partial charge in [-0.25, -0.2) is 0 Å². The van der Waals surface area contributed by atoms with Gasteiger partial charge in [0.25, 0.3) is 5.91 Å². The third-order valence-electron chi connectivity index (χ3n) is 3.06. The van der Waals surface area contributed by atoms with Crippen molar-refractivity contribution in [1.82, 2.24) is 0 Å². The molecule has 0 fully saturated rings. The zero-order valence-corrected chi connectivity index (χ0v) is 15.4. The number of carbonyl (C=O) groups is 2. The van der Waals surface area contributed by atoms with Gasteiger partial charge in [0.15, 0.2) is 0 Å². The summed E-state index contributed by atoms with van der Waals surface area (Å²) in [6.07, 6.45) is 1.22. The molecule has 0 aliphatic heterocycles. The molecule has 0 spiro atoms. The van der Waals surface area contributed by atoms with Crippen LogP contribution in [0, 0.1) is 3.57 Å². The highest BCUT2D eigenvalue weighted by Crippen LogP contribution is 2.26. The average Bonchev–Trinajstić information content (AvgIpc) is 2.51. The molecule has 23 heavy (non-hydrogen) atoms. The third kappa shape index (κ3) is 5.21. The molecule has 2 rings (SSSR count). The van der Waals surface area contributed by atoms with Gasteiger partial charge in [0.1, 0.15) is 0 Å². The van der Waals surface area contributed by atoms with E-state index in [9.17, 15) is 9.59 Å². The maximum absolute atomic E-state index is 12.3. The van der Waals surface area contributed by atoms with E-state index < -0.39 is 0 Å². The second-order valence-corrected chi connectivity index (χ2v) is 6.61. The molecule has 0 atom stereocenters. The Bertz CT molecular complexity index is 734. The average molecular weight is 443 g/mol. The minimum Gasteiger partial charge on any atom is -0.326 e. The second-order valence-electron chi connectivity index (χ2n) is 4.96. The SMILES string of the molecule is CCCC(=O)Nc1ccc(Cl)c(NC(=O)c2cccc(I)c2)c1. The Morgan fingerprint density at radius 2 is 1.91 bits per heavy atom. The molecule has 2 amide bonds. The topological polar surface area (TPSA) is 58.2 Å². The molecule has 0 bridgehead atoms. The van der Waals surface area contributed by atoms with Crippen LogP contribution < -0.4 is 10.6 Å². The number of amides is 2. The lowest BCUT2D eigenvalue weighted by Crippen LogP contribution is -2.14. The summed E-state index contributed by atoms with van der Waals surface area (Å²) in [7, 11) is 0. The predicted molar refractivity (Wildman–Crippen MR) is 102 cm³/mol. The number of halogens is 2. The molecule has 6 heteroatoms. The minimum absolute atomic E-state index is 0.0651. The molecule has 0 aliphatic rings. The number of hydrogen-bond acceptors (Lipinski definition) is 2. The van der Waals surface area contributed by atoms with Crippen LogP contribution in [0.4, 0.5) is 11.4 Å². The predicted octanol–water partition coefficient (Wildman–Crippen LogP) is 4.94. The molecule has 120 valence electrons. The van der Waals surface area contributed by atoms with Crippen molar-refractivity contribution in [3.8, 4) is 0 Å². The van der Waals surface area contributed by atoms with Crippen LogP contribution in [0.5, 0.6) is 0 Å². The Hall–Kier alpha value is -1.60. The molecule has 0 heterocycles. The van der Waals surface area contributed by atoms with E-state index in [1.165, 1.54) is 0 Å². The van der Waals surface area contributed by atoms with Crippen LogP contribution in [-0.4, -0.2) is 11.8 Å². The van der Waals surface area contributed by atoms with Gasteiger partial charge in [-0.1, -0.05) is 24.6 Å². The lowest BCUT2D eigenvalue weighted by atomic mass is 10.2. The summed E-state index contributed by atoms with van der Waals surface area (Å²) in [5, 5.41) is 5.97. The van der Waals surface area contributed by atoms with E-state index in [1.807, 2.05) is 19.1 Å². The summed E-state index contributed by atoms with van der Waals surface area (Å²) >= 11 is 8.28. The van der Waals surface area contributed by atoms with Gasteiger partial charge in [-0.05, 0) is 65.4 Å². The van der Waals surface area contributed by atoms with Crippen molar-refractivity contribution in [3.05, 3.63) is 56.6 Å². The summed E-state index contributed by atoms with van der Waals surface area (Å²) in [6, 6.07) is 12.3. The Morgan fingerprint density at radius 1 is 1.13 bits per heavy atom. The van der Waals surface area contributed by atoms with Crippen LogP contribution >= 0.6 is 34.2 Å². The van der Waals surface area contributed by atoms with Gasteiger partial charge in [-0.3, -0.25) is 9.59 Å². The van der Waals surface area contributed by atoms with E-state index in [1.54, 1.807) is 30.3 Å². The molecular formula is C17H16ClIN2O2. The molecule has 0 unspecified atom stereocenters. The van der Waals surface area contributed by atoms with Crippen LogP contribution in [0.15, 0.2) is 42.5 Å². The smallest absolute Gasteiger partial charge is 0.255 e. The molecular weight excluding hydrogens is 427 g/mol. The molecule has 4 nitrogen and oxygen atoms in total. The number of rotatable bonds is 5. The lowest BCUT2D eigenvalue weighted by Gasteiger charge is -2.11. The van der Waals surface area contributed by atoms with Crippen LogP contribution in [-0.2, 0) is 4.79 Å². The Kier molecular flexibility index (Phi) is 6.41. The van der Waals surface area contributed by atoms with Gasteiger partial charge in [-0.2, -0.15) is 0 Å².